The van der Waals surface area contributed by atoms with Gasteiger partial charge in [0.2, 0.25) is 5.95 Å². The zero-order chi connectivity index (χ0) is 14.4. The summed E-state index contributed by atoms with van der Waals surface area (Å²) in [7, 11) is 0. The molecule has 108 valence electrons. The summed E-state index contributed by atoms with van der Waals surface area (Å²) in [6, 6.07) is 7.01. The molecule has 4 nitrogen and oxygen atoms in total. The molecule has 0 saturated carbocycles. The lowest BCUT2D eigenvalue weighted by atomic mass is 10.1. The van der Waals surface area contributed by atoms with Gasteiger partial charge in [0.1, 0.15) is 0 Å². The van der Waals surface area contributed by atoms with Gasteiger partial charge in [-0.05, 0) is 31.4 Å². The third kappa shape index (κ3) is 2.02. The van der Waals surface area contributed by atoms with E-state index in [4.69, 9.17) is 10.7 Å². The van der Waals surface area contributed by atoms with Crippen LogP contribution in [0.5, 0.6) is 0 Å². The number of anilines is 1. The number of hydrogen-bond donors (Lipinski definition) is 1. The van der Waals surface area contributed by atoms with E-state index >= 15 is 0 Å². The second-order valence-electron chi connectivity index (χ2n) is 6.11. The molecule has 1 unspecified atom stereocenters. The van der Waals surface area contributed by atoms with E-state index in [2.05, 4.69) is 35.0 Å². The normalized spacial score (nSPS) is 19.7. The molecule has 4 rings (SSSR count). The first-order valence-corrected chi connectivity index (χ1v) is 7.69. The second-order valence-corrected chi connectivity index (χ2v) is 6.11. The molecule has 2 heterocycles. The van der Waals surface area contributed by atoms with E-state index in [1.54, 1.807) is 0 Å². The van der Waals surface area contributed by atoms with Gasteiger partial charge in [-0.1, -0.05) is 17.7 Å². The Morgan fingerprint density at radius 1 is 1.33 bits per heavy atom. The van der Waals surface area contributed by atoms with Crippen LogP contribution in [0.1, 0.15) is 29.5 Å². The summed E-state index contributed by atoms with van der Waals surface area (Å²) in [4.78, 5) is 11.7. The molecule has 1 fully saturated rings. The topological polar surface area (TPSA) is 55.0 Å². The number of benzene rings is 1. The van der Waals surface area contributed by atoms with Gasteiger partial charge < -0.3 is 10.6 Å². The molecule has 2 aromatic rings. The third-order valence-electron chi connectivity index (χ3n) is 4.66. The van der Waals surface area contributed by atoms with Gasteiger partial charge in [-0.15, -0.1) is 0 Å². The van der Waals surface area contributed by atoms with Crippen molar-refractivity contribution in [2.45, 2.75) is 32.2 Å². The third-order valence-corrected chi connectivity index (χ3v) is 4.66. The summed E-state index contributed by atoms with van der Waals surface area (Å²) < 4.78 is 0. The van der Waals surface area contributed by atoms with E-state index in [0.29, 0.717) is 12.6 Å². The van der Waals surface area contributed by atoms with E-state index in [0.717, 1.165) is 31.0 Å². The fourth-order valence-electron chi connectivity index (χ4n) is 3.51. The Morgan fingerprint density at radius 2 is 2.24 bits per heavy atom. The van der Waals surface area contributed by atoms with Crippen LogP contribution in [0, 0.1) is 6.92 Å². The van der Waals surface area contributed by atoms with E-state index < -0.39 is 0 Å². The van der Waals surface area contributed by atoms with Crippen LogP contribution in [0.15, 0.2) is 24.4 Å². The van der Waals surface area contributed by atoms with Gasteiger partial charge in [0.05, 0.1) is 5.69 Å². The minimum absolute atomic E-state index is 0.390. The Bertz CT molecular complexity index is 695. The molecule has 21 heavy (non-hydrogen) atoms. The van der Waals surface area contributed by atoms with Gasteiger partial charge >= 0.3 is 0 Å². The largest absolute Gasteiger partial charge is 0.337 e. The lowest BCUT2D eigenvalue weighted by molar-refractivity contribution is 0.664. The predicted octanol–water partition coefficient (Wildman–Crippen LogP) is 2.28. The zero-order valence-electron chi connectivity index (χ0n) is 12.3. The van der Waals surface area contributed by atoms with Crippen LogP contribution in [-0.4, -0.2) is 29.1 Å². The molecule has 1 atom stereocenters. The molecule has 0 radical (unpaired) electrons. The van der Waals surface area contributed by atoms with Crippen LogP contribution in [0.25, 0.3) is 11.3 Å². The molecular formula is C17H20N4. The van der Waals surface area contributed by atoms with Crippen molar-refractivity contribution in [2.24, 2.45) is 5.73 Å². The quantitative estimate of drug-likeness (QED) is 0.782. The van der Waals surface area contributed by atoms with Gasteiger partial charge in [0.15, 0.2) is 0 Å². The highest BCUT2D eigenvalue weighted by Gasteiger charge is 2.28. The number of fused-ring (bicyclic) bond motifs is 3. The van der Waals surface area contributed by atoms with E-state index in [1.807, 2.05) is 6.20 Å². The monoisotopic (exact) mass is 280 g/mol. The van der Waals surface area contributed by atoms with Crippen LogP contribution >= 0.6 is 0 Å². The Balaban J connectivity index is 1.77. The first-order chi connectivity index (χ1) is 10.3. The van der Waals surface area contributed by atoms with Gasteiger partial charge in [0.25, 0.3) is 0 Å². The molecule has 0 spiro atoms. The second kappa shape index (κ2) is 4.81. The van der Waals surface area contributed by atoms with Crippen molar-refractivity contribution < 1.29 is 0 Å². The molecule has 0 amide bonds. The highest BCUT2D eigenvalue weighted by molar-refractivity contribution is 5.74. The van der Waals surface area contributed by atoms with Gasteiger partial charge in [-0.25, -0.2) is 9.97 Å². The standard InChI is InChI=1S/C17H20N4/c1-11-4-5-12-8-13-10-19-17(20-16(13)15(12)7-11)21-6-2-3-14(21)9-18/h4-5,7,10,14H,2-3,6,8-9,18H2,1H3. The fourth-order valence-corrected chi connectivity index (χ4v) is 3.51. The van der Waals surface area contributed by atoms with Crippen molar-refractivity contribution in [1.82, 2.24) is 9.97 Å². The molecule has 1 saturated heterocycles. The highest BCUT2D eigenvalue weighted by Crippen LogP contribution is 2.36. The molecule has 4 heteroatoms. The Morgan fingerprint density at radius 3 is 3.10 bits per heavy atom. The van der Waals surface area contributed by atoms with Gasteiger partial charge in [-0.2, -0.15) is 0 Å². The van der Waals surface area contributed by atoms with Crippen LogP contribution < -0.4 is 10.6 Å². The van der Waals surface area contributed by atoms with Crippen LogP contribution in [0.4, 0.5) is 5.95 Å². The van der Waals surface area contributed by atoms with Crippen molar-refractivity contribution in [2.75, 3.05) is 18.0 Å². The Hall–Kier alpha value is -1.94. The molecule has 1 aliphatic carbocycles. The molecular weight excluding hydrogens is 260 g/mol. The number of hydrogen-bond acceptors (Lipinski definition) is 4. The van der Waals surface area contributed by atoms with Crippen LogP contribution in [0.2, 0.25) is 0 Å². The summed E-state index contributed by atoms with van der Waals surface area (Å²) in [5, 5.41) is 0. The number of nitrogens with two attached hydrogens (primary N) is 1. The Labute approximate surface area is 125 Å². The molecule has 1 aromatic heterocycles. The summed E-state index contributed by atoms with van der Waals surface area (Å²) in [5.41, 5.74) is 12.1. The van der Waals surface area contributed by atoms with Gasteiger partial charge in [-0.3, -0.25) is 0 Å². The van der Waals surface area contributed by atoms with Crippen molar-refractivity contribution in [3.05, 3.63) is 41.1 Å². The lowest BCUT2D eigenvalue weighted by Gasteiger charge is -2.23. The highest BCUT2D eigenvalue weighted by atomic mass is 15.3. The maximum absolute atomic E-state index is 5.87. The average molecular weight is 280 g/mol. The zero-order valence-corrected chi connectivity index (χ0v) is 12.3. The van der Waals surface area contributed by atoms with E-state index in [-0.39, 0.29) is 0 Å². The number of aromatic nitrogens is 2. The maximum atomic E-state index is 5.87. The summed E-state index contributed by atoms with van der Waals surface area (Å²) >= 11 is 0. The lowest BCUT2D eigenvalue weighted by Crippen LogP contribution is -2.36. The van der Waals surface area contributed by atoms with Gasteiger partial charge in [0, 0.05) is 42.9 Å². The average Bonchev–Trinajstić information content (AvgIpc) is 3.10. The number of rotatable bonds is 2. The van der Waals surface area contributed by atoms with Crippen molar-refractivity contribution in [3.8, 4) is 11.3 Å². The molecule has 1 aromatic carbocycles. The van der Waals surface area contributed by atoms with Crippen molar-refractivity contribution >= 4 is 5.95 Å². The maximum Gasteiger partial charge on any atom is 0.226 e. The summed E-state index contributed by atoms with van der Waals surface area (Å²) in [6.07, 6.45) is 5.27. The Kier molecular flexibility index (Phi) is 2.93. The minimum atomic E-state index is 0.390. The molecule has 0 bridgehead atoms. The molecule has 2 N–H and O–H groups in total. The summed E-state index contributed by atoms with van der Waals surface area (Å²) in [5.74, 6) is 0.844. The molecule has 1 aliphatic heterocycles. The number of nitrogens with zero attached hydrogens (tertiary/aromatic N) is 3. The van der Waals surface area contributed by atoms with Crippen molar-refractivity contribution in [3.63, 3.8) is 0 Å². The SMILES string of the molecule is Cc1ccc2c(c1)-c1nc(N3CCCC3CN)ncc1C2. The smallest absolute Gasteiger partial charge is 0.226 e. The van der Waals surface area contributed by atoms with Crippen LogP contribution in [0.3, 0.4) is 0 Å². The molecule has 2 aliphatic rings. The first-order valence-electron chi connectivity index (χ1n) is 7.69. The predicted molar refractivity (Wildman–Crippen MR) is 84.4 cm³/mol. The number of aryl methyl sites for hydroxylation is 1. The van der Waals surface area contributed by atoms with E-state index in [1.165, 1.54) is 28.7 Å². The minimum Gasteiger partial charge on any atom is -0.337 e. The van der Waals surface area contributed by atoms with E-state index in [9.17, 15) is 0 Å². The fraction of sp³-hybridized carbons (Fsp3) is 0.412. The van der Waals surface area contributed by atoms with Crippen molar-refractivity contribution in [1.29, 1.82) is 0 Å². The summed E-state index contributed by atoms with van der Waals surface area (Å²) in [6.45, 7) is 3.82. The first kappa shape index (κ1) is 12.8. The van der Waals surface area contributed by atoms with Crippen LogP contribution in [-0.2, 0) is 6.42 Å².